The number of rotatable bonds is 5. The Hall–Kier alpha value is -1.00. The highest BCUT2D eigenvalue weighted by Crippen LogP contribution is 2.13. The molecule has 0 fully saturated rings. The number of hydrogen-bond acceptors (Lipinski definition) is 3. The summed E-state index contributed by atoms with van der Waals surface area (Å²) in [6, 6.07) is 1.46. The zero-order valence-corrected chi connectivity index (χ0v) is 12.3. The monoisotopic (exact) mass is 274 g/mol. The molecule has 0 aromatic carbocycles. The number of nitrogens with two attached hydrogens (primary N) is 1. The smallest absolute Gasteiger partial charge is 0.239 e. The van der Waals surface area contributed by atoms with Crippen LogP contribution in [0.15, 0.2) is 16.7 Å². The summed E-state index contributed by atoms with van der Waals surface area (Å²) in [6.07, 6.45) is 2.54. The molecule has 4 nitrogen and oxygen atoms in total. The number of hydrogen-bond donors (Lipinski definition) is 1. The van der Waals surface area contributed by atoms with Gasteiger partial charge in [0.25, 0.3) is 0 Å². The number of carbonyl (C=O) groups is 1. The molecule has 2 atom stereocenters. The van der Waals surface area contributed by atoms with Crippen molar-refractivity contribution < 1.29 is 9.21 Å². The lowest BCUT2D eigenvalue weighted by atomic mass is 9.99. The van der Waals surface area contributed by atoms with E-state index in [-0.39, 0.29) is 24.2 Å². The van der Waals surface area contributed by atoms with Gasteiger partial charge in [-0.3, -0.25) is 4.79 Å². The van der Waals surface area contributed by atoms with Crippen LogP contribution < -0.4 is 5.73 Å². The van der Waals surface area contributed by atoms with E-state index in [0.717, 1.165) is 17.7 Å². The van der Waals surface area contributed by atoms with Crippen molar-refractivity contribution in [2.45, 2.75) is 39.8 Å². The molecule has 0 saturated carbocycles. The molecule has 5 heteroatoms. The highest BCUT2D eigenvalue weighted by molar-refractivity contribution is 5.85. The number of halogens is 1. The van der Waals surface area contributed by atoms with Crippen LogP contribution in [0, 0.1) is 12.8 Å². The molecule has 18 heavy (non-hydrogen) atoms. The van der Waals surface area contributed by atoms with Crippen LogP contribution in [0.3, 0.4) is 0 Å². The molecule has 1 amide bonds. The molecule has 1 aromatic rings. The predicted octanol–water partition coefficient (Wildman–Crippen LogP) is 2.34. The average molecular weight is 275 g/mol. The predicted molar refractivity (Wildman–Crippen MR) is 74.6 cm³/mol. The van der Waals surface area contributed by atoms with Gasteiger partial charge in [-0.05, 0) is 18.9 Å². The first-order valence-electron chi connectivity index (χ1n) is 6.00. The summed E-state index contributed by atoms with van der Waals surface area (Å²) in [6.45, 7) is 6.48. The SMILES string of the molecule is CCC(C)C(N)C(=O)N(C)Cc1ccoc1C.Cl. The fourth-order valence-corrected chi connectivity index (χ4v) is 1.66. The lowest BCUT2D eigenvalue weighted by Gasteiger charge is -2.24. The lowest BCUT2D eigenvalue weighted by Crippen LogP contribution is -2.45. The van der Waals surface area contributed by atoms with Gasteiger partial charge in [-0.1, -0.05) is 20.3 Å². The number of furan rings is 1. The molecule has 2 unspecified atom stereocenters. The Kier molecular flexibility index (Phi) is 7.02. The Morgan fingerprint density at radius 1 is 1.56 bits per heavy atom. The summed E-state index contributed by atoms with van der Waals surface area (Å²) in [4.78, 5) is 13.7. The number of aryl methyl sites for hydroxylation is 1. The molecule has 0 aliphatic carbocycles. The molecule has 0 radical (unpaired) electrons. The van der Waals surface area contributed by atoms with E-state index in [4.69, 9.17) is 10.2 Å². The van der Waals surface area contributed by atoms with Gasteiger partial charge in [0.2, 0.25) is 5.91 Å². The van der Waals surface area contributed by atoms with Crippen molar-refractivity contribution >= 4 is 18.3 Å². The van der Waals surface area contributed by atoms with Gasteiger partial charge in [-0.25, -0.2) is 0 Å². The van der Waals surface area contributed by atoms with Crippen LogP contribution >= 0.6 is 12.4 Å². The maximum atomic E-state index is 12.1. The van der Waals surface area contributed by atoms with E-state index in [2.05, 4.69) is 0 Å². The van der Waals surface area contributed by atoms with Crippen molar-refractivity contribution in [1.29, 1.82) is 0 Å². The van der Waals surface area contributed by atoms with Crippen LogP contribution in [0.2, 0.25) is 0 Å². The lowest BCUT2D eigenvalue weighted by molar-refractivity contribution is -0.132. The Morgan fingerprint density at radius 2 is 2.17 bits per heavy atom. The third kappa shape index (κ3) is 4.03. The van der Waals surface area contributed by atoms with Gasteiger partial charge in [0.1, 0.15) is 5.76 Å². The zero-order chi connectivity index (χ0) is 13.0. The Bertz CT molecular complexity index is 379. The van der Waals surface area contributed by atoms with Gasteiger partial charge >= 0.3 is 0 Å². The highest BCUT2D eigenvalue weighted by atomic mass is 35.5. The van der Waals surface area contributed by atoms with Crippen molar-refractivity contribution in [3.05, 3.63) is 23.7 Å². The van der Waals surface area contributed by atoms with Crippen LogP contribution in [0.5, 0.6) is 0 Å². The maximum Gasteiger partial charge on any atom is 0.239 e. The van der Waals surface area contributed by atoms with Gasteiger partial charge in [0.15, 0.2) is 0 Å². The zero-order valence-electron chi connectivity index (χ0n) is 11.5. The van der Waals surface area contributed by atoms with E-state index in [1.165, 1.54) is 0 Å². The number of amides is 1. The molecule has 1 heterocycles. The molecule has 0 bridgehead atoms. The van der Waals surface area contributed by atoms with Crippen LogP contribution in [0.4, 0.5) is 0 Å². The average Bonchev–Trinajstić information content (AvgIpc) is 2.72. The standard InChI is InChI=1S/C13H22N2O2.ClH/c1-5-9(2)12(14)13(16)15(4)8-11-6-7-17-10(11)3;/h6-7,9,12H,5,8,14H2,1-4H3;1H. The quantitative estimate of drug-likeness (QED) is 0.897. The fourth-order valence-electron chi connectivity index (χ4n) is 1.66. The first kappa shape index (κ1) is 17.0. The van der Waals surface area contributed by atoms with Crippen molar-refractivity contribution in [1.82, 2.24) is 4.90 Å². The second-order valence-corrected chi connectivity index (χ2v) is 4.61. The minimum absolute atomic E-state index is 0. The van der Waals surface area contributed by atoms with Crippen LogP contribution in [-0.4, -0.2) is 23.9 Å². The third-order valence-electron chi connectivity index (χ3n) is 3.29. The molecule has 0 aliphatic rings. The van der Waals surface area contributed by atoms with E-state index in [9.17, 15) is 4.79 Å². The molecule has 1 aromatic heterocycles. The van der Waals surface area contributed by atoms with E-state index < -0.39 is 6.04 Å². The molecule has 104 valence electrons. The van der Waals surface area contributed by atoms with Crippen molar-refractivity contribution in [3.63, 3.8) is 0 Å². The summed E-state index contributed by atoms with van der Waals surface area (Å²) in [5.41, 5.74) is 6.95. The van der Waals surface area contributed by atoms with Gasteiger partial charge in [0.05, 0.1) is 12.3 Å². The van der Waals surface area contributed by atoms with Crippen LogP contribution in [0.25, 0.3) is 0 Å². The first-order chi connectivity index (χ1) is 7.97. The first-order valence-corrected chi connectivity index (χ1v) is 6.00. The normalized spacial score (nSPS) is 13.6. The van der Waals surface area contributed by atoms with Crippen molar-refractivity contribution in [3.8, 4) is 0 Å². The summed E-state index contributed by atoms with van der Waals surface area (Å²) in [5, 5.41) is 0. The van der Waals surface area contributed by atoms with E-state index in [1.807, 2.05) is 26.8 Å². The van der Waals surface area contributed by atoms with Gasteiger partial charge < -0.3 is 15.1 Å². The molecule has 0 aliphatic heterocycles. The van der Waals surface area contributed by atoms with E-state index >= 15 is 0 Å². The Balaban J connectivity index is 0.00000289. The van der Waals surface area contributed by atoms with E-state index in [0.29, 0.717) is 6.54 Å². The second-order valence-electron chi connectivity index (χ2n) is 4.61. The molecule has 0 saturated heterocycles. The molecular formula is C13H23ClN2O2. The number of likely N-dealkylation sites (N-methyl/N-ethyl adjacent to an activating group) is 1. The summed E-state index contributed by atoms with van der Waals surface area (Å²) < 4.78 is 5.21. The summed E-state index contributed by atoms with van der Waals surface area (Å²) in [7, 11) is 1.77. The molecule has 2 N–H and O–H groups in total. The van der Waals surface area contributed by atoms with Crippen LogP contribution in [0.1, 0.15) is 31.6 Å². The van der Waals surface area contributed by atoms with Gasteiger partial charge in [-0.2, -0.15) is 0 Å². The number of nitrogens with zero attached hydrogens (tertiary/aromatic N) is 1. The minimum atomic E-state index is -0.419. The van der Waals surface area contributed by atoms with Gasteiger partial charge in [-0.15, -0.1) is 12.4 Å². The number of carbonyl (C=O) groups excluding carboxylic acids is 1. The maximum absolute atomic E-state index is 12.1. The van der Waals surface area contributed by atoms with Gasteiger partial charge in [0, 0.05) is 19.2 Å². The Labute approximate surface area is 115 Å². The van der Waals surface area contributed by atoms with Crippen molar-refractivity contribution in [2.24, 2.45) is 11.7 Å². The minimum Gasteiger partial charge on any atom is -0.469 e. The summed E-state index contributed by atoms with van der Waals surface area (Å²) >= 11 is 0. The second kappa shape index (κ2) is 7.44. The largest absolute Gasteiger partial charge is 0.469 e. The molecular weight excluding hydrogens is 252 g/mol. The topological polar surface area (TPSA) is 59.5 Å². The van der Waals surface area contributed by atoms with Crippen LogP contribution in [-0.2, 0) is 11.3 Å². The summed E-state index contributed by atoms with van der Waals surface area (Å²) in [5.74, 6) is 1.04. The Morgan fingerprint density at radius 3 is 2.61 bits per heavy atom. The highest BCUT2D eigenvalue weighted by Gasteiger charge is 2.23. The fraction of sp³-hybridized carbons (Fsp3) is 0.615. The molecule has 0 spiro atoms. The molecule has 1 rings (SSSR count). The van der Waals surface area contributed by atoms with E-state index in [1.54, 1.807) is 18.2 Å². The third-order valence-corrected chi connectivity index (χ3v) is 3.29. The van der Waals surface area contributed by atoms with Crippen molar-refractivity contribution in [2.75, 3.05) is 7.05 Å².